The van der Waals surface area contributed by atoms with Crippen molar-refractivity contribution in [3.05, 3.63) is 29.3 Å². The Morgan fingerprint density at radius 1 is 1.32 bits per heavy atom. The SMILES string of the molecule is O=C(NC[C@H]1CCCO1)Nc1ccc2c(c1)COC2. The van der Waals surface area contributed by atoms with Gasteiger partial charge in [-0.3, -0.25) is 0 Å². The van der Waals surface area contributed by atoms with Gasteiger partial charge < -0.3 is 20.1 Å². The van der Waals surface area contributed by atoms with Crippen LogP contribution in [-0.4, -0.2) is 25.3 Å². The fraction of sp³-hybridized carbons (Fsp3) is 0.500. The first-order valence-corrected chi connectivity index (χ1v) is 6.67. The summed E-state index contributed by atoms with van der Waals surface area (Å²) in [6.45, 7) is 2.67. The molecule has 1 atom stereocenters. The predicted octanol–water partition coefficient (Wildman–Crippen LogP) is 2.02. The number of benzene rings is 1. The second kappa shape index (κ2) is 5.59. The van der Waals surface area contributed by atoms with Crippen LogP contribution in [0.1, 0.15) is 24.0 Å². The lowest BCUT2D eigenvalue weighted by atomic mass is 10.1. The molecule has 2 aliphatic rings. The minimum Gasteiger partial charge on any atom is -0.376 e. The van der Waals surface area contributed by atoms with Crippen LogP contribution < -0.4 is 10.6 Å². The van der Waals surface area contributed by atoms with E-state index in [1.165, 1.54) is 5.56 Å². The summed E-state index contributed by atoms with van der Waals surface area (Å²) in [5.74, 6) is 0. The van der Waals surface area contributed by atoms with Crippen LogP contribution >= 0.6 is 0 Å². The number of amides is 2. The van der Waals surface area contributed by atoms with Crippen LogP contribution in [-0.2, 0) is 22.7 Å². The molecule has 1 fully saturated rings. The molecule has 2 aliphatic heterocycles. The maximum absolute atomic E-state index is 11.8. The van der Waals surface area contributed by atoms with Crippen molar-refractivity contribution >= 4 is 11.7 Å². The van der Waals surface area contributed by atoms with E-state index in [9.17, 15) is 4.79 Å². The van der Waals surface area contributed by atoms with E-state index in [4.69, 9.17) is 9.47 Å². The molecule has 0 aliphatic carbocycles. The minimum atomic E-state index is -0.186. The van der Waals surface area contributed by atoms with Crippen LogP contribution in [0.4, 0.5) is 10.5 Å². The van der Waals surface area contributed by atoms with Crippen LogP contribution in [0.3, 0.4) is 0 Å². The van der Waals surface area contributed by atoms with Gasteiger partial charge in [-0.05, 0) is 36.1 Å². The number of hydrogen-bond donors (Lipinski definition) is 2. The summed E-state index contributed by atoms with van der Waals surface area (Å²) in [6, 6.07) is 5.68. The molecule has 0 saturated carbocycles. The van der Waals surface area contributed by atoms with Crippen molar-refractivity contribution in [2.45, 2.75) is 32.2 Å². The van der Waals surface area contributed by atoms with Crippen LogP contribution in [0.15, 0.2) is 18.2 Å². The average Bonchev–Trinajstić information content (AvgIpc) is 3.07. The molecular formula is C14H18N2O3. The van der Waals surface area contributed by atoms with E-state index in [1.807, 2.05) is 18.2 Å². The number of anilines is 1. The summed E-state index contributed by atoms with van der Waals surface area (Å²) < 4.78 is 10.8. The molecule has 0 radical (unpaired) electrons. The van der Waals surface area contributed by atoms with E-state index < -0.39 is 0 Å². The summed E-state index contributed by atoms with van der Waals surface area (Å²) in [6.07, 6.45) is 2.27. The summed E-state index contributed by atoms with van der Waals surface area (Å²) in [5.41, 5.74) is 3.15. The Hall–Kier alpha value is -1.59. The van der Waals surface area contributed by atoms with Crippen molar-refractivity contribution < 1.29 is 14.3 Å². The van der Waals surface area contributed by atoms with Crippen LogP contribution in [0.2, 0.25) is 0 Å². The maximum atomic E-state index is 11.8. The van der Waals surface area contributed by atoms with Gasteiger partial charge in [0.15, 0.2) is 0 Å². The van der Waals surface area contributed by atoms with Crippen LogP contribution in [0.5, 0.6) is 0 Å². The van der Waals surface area contributed by atoms with Gasteiger partial charge in [-0.2, -0.15) is 0 Å². The third kappa shape index (κ3) is 3.05. The van der Waals surface area contributed by atoms with Crippen molar-refractivity contribution in [3.8, 4) is 0 Å². The number of carbonyl (C=O) groups excluding carboxylic acids is 1. The van der Waals surface area contributed by atoms with E-state index in [0.717, 1.165) is 30.7 Å². The Labute approximate surface area is 112 Å². The van der Waals surface area contributed by atoms with E-state index in [1.54, 1.807) is 0 Å². The largest absolute Gasteiger partial charge is 0.376 e. The van der Waals surface area contributed by atoms with Gasteiger partial charge in [0.2, 0.25) is 0 Å². The van der Waals surface area contributed by atoms with Crippen molar-refractivity contribution in [1.29, 1.82) is 0 Å². The highest BCUT2D eigenvalue weighted by atomic mass is 16.5. The van der Waals surface area contributed by atoms with Crippen LogP contribution in [0.25, 0.3) is 0 Å². The van der Waals surface area contributed by atoms with Gasteiger partial charge >= 0.3 is 6.03 Å². The van der Waals surface area contributed by atoms with E-state index in [2.05, 4.69) is 10.6 Å². The van der Waals surface area contributed by atoms with Gasteiger partial charge in [-0.25, -0.2) is 4.79 Å². The fourth-order valence-corrected chi connectivity index (χ4v) is 2.44. The molecule has 2 heterocycles. The van der Waals surface area contributed by atoms with Gasteiger partial charge in [0, 0.05) is 18.8 Å². The number of hydrogen-bond acceptors (Lipinski definition) is 3. The molecule has 1 saturated heterocycles. The summed E-state index contributed by atoms with van der Waals surface area (Å²) in [4.78, 5) is 11.8. The monoisotopic (exact) mass is 262 g/mol. The van der Waals surface area contributed by atoms with E-state index in [-0.39, 0.29) is 12.1 Å². The third-order valence-electron chi connectivity index (χ3n) is 3.49. The number of urea groups is 1. The predicted molar refractivity (Wildman–Crippen MR) is 70.9 cm³/mol. The van der Waals surface area contributed by atoms with E-state index in [0.29, 0.717) is 19.8 Å². The number of nitrogens with one attached hydrogen (secondary N) is 2. The molecule has 5 nitrogen and oxygen atoms in total. The second-order valence-electron chi connectivity index (χ2n) is 4.95. The maximum Gasteiger partial charge on any atom is 0.319 e. The number of fused-ring (bicyclic) bond motifs is 1. The molecule has 1 aromatic rings. The summed E-state index contributed by atoms with van der Waals surface area (Å²) >= 11 is 0. The summed E-state index contributed by atoms with van der Waals surface area (Å²) in [5, 5.41) is 5.67. The molecule has 3 rings (SSSR count). The molecule has 5 heteroatoms. The van der Waals surface area contributed by atoms with Crippen molar-refractivity contribution in [3.63, 3.8) is 0 Å². The fourth-order valence-electron chi connectivity index (χ4n) is 2.44. The molecular weight excluding hydrogens is 244 g/mol. The first-order chi connectivity index (χ1) is 9.31. The lowest BCUT2D eigenvalue weighted by molar-refractivity contribution is 0.112. The standard InChI is InChI=1S/C14H18N2O3/c17-14(15-7-13-2-1-5-19-13)16-12-4-3-10-8-18-9-11(10)6-12/h3-4,6,13H,1-2,5,7-9H2,(H2,15,16,17)/t13-/m1/s1. The zero-order chi connectivity index (χ0) is 13.1. The Morgan fingerprint density at radius 2 is 2.21 bits per heavy atom. The van der Waals surface area contributed by atoms with Crippen molar-refractivity contribution in [2.75, 3.05) is 18.5 Å². The van der Waals surface area contributed by atoms with Gasteiger partial charge in [-0.1, -0.05) is 6.07 Å². The minimum absolute atomic E-state index is 0.166. The molecule has 0 bridgehead atoms. The number of rotatable bonds is 3. The molecule has 102 valence electrons. The normalized spacial score (nSPS) is 21.2. The highest BCUT2D eigenvalue weighted by Gasteiger charge is 2.16. The van der Waals surface area contributed by atoms with Crippen LogP contribution in [0, 0.1) is 0 Å². The lowest BCUT2D eigenvalue weighted by Gasteiger charge is -2.12. The van der Waals surface area contributed by atoms with Gasteiger partial charge in [0.25, 0.3) is 0 Å². The average molecular weight is 262 g/mol. The first kappa shape index (κ1) is 12.4. The smallest absolute Gasteiger partial charge is 0.319 e. The Kier molecular flexibility index (Phi) is 3.66. The van der Waals surface area contributed by atoms with E-state index >= 15 is 0 Å². The topological polar surface area (TPSA) is 59.6 Å². The van der Waals surface area contributed by atoms with Gasteiger partial charge in [0.05, 0.1) is 19.3 Å². The molecule has 0 spiro atoms. The second-order valence-corrected chi connectivity index (χ2v) is 4.95. The zero-order valence-electron chi connectivity index (χ0n) is 10.8. The lowest BCUT2D eigenvalue weighted by Crippen LogP contribution is -2.35. The number of ether oxygens (including phenoxy) is 2. The van der Waals surface area contributed by atoms with Gasteiger partial charge in [0.1, 0.15) is 0 Å². The molecule has 0 aromatic heterocycles. The first-order valence-electron chi connectivity index (χ1n) is 6.67. The summed E-state index contributed by atoms with van der Waals surface area (Å²) in [7, 11) is 0. The number of carbonyl (C=O) groups is 1. The Morgan fingerprint density at radius 3 is 3.05 bits per heavy atom. The van der Waals surface area contributed by atoms with Crippen molar-refractivity contribution in [2.24, 2.45) is 0 Å². The molecule has 1 aromatic carbocycles. The zero-order valence-corrected chi connectivity index (χ0v) is 10.8. The molecule has 2 N–H and O–H groups in total. The molecule has 0 unspecified atom stereocenters. The molecule has 2 amide bonds. The van der Waals surface area contributed by atoms with Crippen molar-refractivity contribution in [1.82, 2.24) is 5.32 Å². The quantitative estimate of drug-likeness (QED) is 0.876. The molecule has 19 heavy (non-hydrogen) atoms. The highest BCUT2D eigenvalue weighted by Crippen LogP contribution is 2.23. The third-order valence-corrected chi connectivity index (χ3v) is 3.49. The Balaban J connectivity index is 1.51. The highest BCUT2D eigenvalue weighted by molar-refractivity contribution is 5.89. The Bertz CT molecular complexity index is 470. The van der Waals surface area contributed by atoms with Gasteiger partial charge in [-0.15, -0.1) is 0 Å².